The Labute approximate surface area is 106 Å². The molecule has 2 atom stereocenters. The van der Waals surface area contributed by atoms with Crippen LogP contribution in [-0.4, -0.2) is 29.4 Å². The predicted octanol–water partition coefficient (Wildman–Crippen LogP) is 2.23. The molecule has 0 aliphatic rings. The van der Waals surface area contributed by atoms with E-state index in [1.807, 2.05) is 13.8 Å². The van der Waals surface area contributed by atoms with E-state index in [-0.39, 0.29) is 17.3 Å². The summed E-state index contributed by atoms with van der Waals surface area (Å²) in [4.78, 5) is 15.9. The lowest BCUT2D eigenvalue weighted by Gasteiger charge is -2.15. The maximum Gasteiger partial charge on any atom is 0.255 e. The Hall–Kier alpha value is -1.29. The number of halogens is 1. The molecular weight excluding hydrogens is 240 g/mol. The normalized spacial score (nSPS) is 13.9. The van der Waals surface area contributed by atoms with Crippen molar-refractivity contribution in [3.05, 3.63) is 24.0 Å². The Balaban J connectivity index is 2.69. The predicted molar refractivity (Wildman–Crippen MR) is 67.6 cm³/mol. The van der Waals surface area contributed by atoms with Gasteiger partial charge >= 0.3 is 0 Å². The lowest BCUT2D eigenvalue weighted by Crippen LogP contribution is -2.34. The summed E-state index contributed by atoms with van der Waals surface area (Å²) in [6, 6.07) is 1.65. The average molecular weight is 257 g/mol. The average Bonchev–Trinajstić information content (AvgIpc) is 2.27. The number of amides is 1. The molecular formula is C12H17ClN2O2. The zero-order valence-electron chi connectivity index (χ0n) is 10.2. The van der Waals surface area contributed by atoms with E-state index in [2.05, 4.69) is 10.3 Å². The van der Waals surface area contributed by atoms with Gasteiger partial charge in [0.05, 0.1) is 18.9 Å². The number of nitrogens with one attached hydrogen (secondary N) is 1. The highest BCUT2D eigenvalue weighted by molar-refractivity contribution is 6.20. The maximum atomic E-state index is 12.0. The molecule has 0 bridgehead atoms. The summed E-state index contributed by atoms with van der Waals surface area (Å²) in [6.45, 7) is 3.82. The molecule has 0 fully saturated rings. The van der Waals surface area contributed by atoms with Crippen LogP contribution < -0.4 is 10.1 Å². The fourth-order valence-electron chi connectivity index (χ4n) is 1.58. The van der Waals surface area contributed by atoms with E-state index < -0.39 is 0 Å². The third kappa shape index (κ3) is 4.23. The molecule has 1 rings (SSSR count). The van der Waals surface area contributed by atoms with E-state index in [4.69, 9.17) is 16.3 Å². The Bertz CT molecular complexity index is 383. The number of aromatic nitrogens is 1. The van der Waals surface area contributed by atoms with Gasteiger partial charge in [-0.15, -0.1) is 11.6 Å². The maximum absolute atomic E-state index is 12.0. The Morgan fingerprint density at radius 2 is 2.29 bits per heavy atom. The van der Waals surface area contributed by atoms with Crippen LogP contribution >= 0.6 is 11.6 Å². The SMILES string of the molecule is COc1cnccc1C(=O)NC(C)CC(C)Cl. The van der Waals surface area contributed by atoms with Gasteiger partial charge in [0.1, 0.15) is 5.75 Å². The Morgan fingerprint density at radius 3 is 2.88 bits per heavy atom. The second kappa shape index (κ2) is 6.45. The molecule has 0 saturated heterocycles. The van der Waals surface area contributed by atoms with Crippen molar-refractivity contribution in [2.24, 2.45) is 0 Å². The summed E-state index contributed by atoms with van der Waals surface area (Å²) in [5.41, 5.74) is 0.483. The van der Waals surface area contributed by atoms with Gasteiger partial charge in [0.2, 0.25) is 0 Å². The molecule has 1 amide bonds. The van der Waals surface area contributed by atoms with Crippen LogP contribution in [0.1, 0.15) is 30.6 Å². The van der Waals surface area contributed by atoms with Crippen molar-refractivity contribution < 1.29 is 9.53 Å². The van der Waals surface area contributed by atoms with Crippen LogP contribution in [0.15, 0.2) is 18.5 Å². The van der Waals surface area contributed by atoms with Crippen LogP contribution in [0, 0.1) is 0 Å². The van der Waals surface area contributed by atoms with Gasteiger partial charge in [0, 0.05) is 17.6 Å². The van der Waals surface area contributed by atoms with Crippen LogP contribution in [0.3, 0.4) is 0 Å². The van der Waals surface area contributed by atoms with E-state index in [1.165, 1.54) is 13.3 Å². The van der Waals surface area contributed by atoms with Crippen molar-refractivity contribution in [2.75, 3.05) is 7.11 Å². The monoisotopic (exact) mass is 256 g/mol. The molecule has 1 aromatic heterocycles. The summed E-state index contributed by atoms with van der Waals surface area (Å²) in [6.07, 6.45) is 3.80. The van der Waals surface area contributed by atoms with Crippen LogP contribution in [0.2, 0.25) is 0 Å². The first-order valence-corrected chi connectivity index (χ1v) is 5.91. The van der Waals surface area contributed by atoms with Gasteiger partial charge in [-0.25, -0.2) is 0 Å². The highest BCUT2D eigenvalue weighted by atomic mass is 35.5. The molecule has 0 aromatic carbocycles. The topological polar surface area (TPSA) is 51.2 Å². The molecule has 0 aliphatic carbocycles. The summed E-state index contributed by atoms with van der Waals surface area (Å²) >= 11 is 5.87. The lowest BCUT2D eigenvalue weighted by molar-refractivity contribution is 0.0935. The molecule has 0 spiro atoms. The molecule has 94 valence electrons. The fraction of sp³-hybridized carbons (Fsp3) is 0.500. The van der Waals surface area contributed by atoms with Gasteiger partial charge in [-0.1, -0.05) is 0 Å². The van der Waals surface area contributed by atoms with Crippen molar-refractivity contribution in [2.45, 2.75) is 31.7 Å². The minimum Gasteiger partial charge on any atom is -0.494 e. The minimum absolute atomic E-state index is 0.0212. The van der Waals surface area contributed by atoms with Gasteiger partial charge in [-0.05, 0) is 26.3 Å². The standard InChI is InChI=1S/C12H17ClN2O2/c1-8(13)6-9(2)15-12(16)10-4-5-14-7-11(10)17-3/h4-5,7-9H,6H2,1-3H3,(H,15,16). The number of methoxy groups -OCH3 is 1. The van der Waals surface area contributed by atoms with E-state index in [9.17, 15) is 4.79 Å². The number of alkyl halides is 1. The molecule has 0 radical (unpaired) electrons. The highest BCUT2D eigenvalue weighted by Gasteiger charge is 2.15. The molecule has 1 aromatic rings. The van der Waals surface area contributed by atoms with E-state index in [0.717, 1.165) is 6.42 Å². The van der Waals surface area contributed by atoms with Gasteiger partial charge in [-0.2, -0.15) is 0 Å². The summed E-state index contributed by atoms with van der Waals surface area (Å²) in [5.74, 6) is 0.296. The van der Waals surface area contributed by atoms with Gasteiger partial charge in [0.25, 0.3) is 5.91 Å². The molecule has 0 aliphatic heterocycles. The number of carbonyl (C=O) groups excluding carboxylic acids is 1. The van der Waals surface area contributed by atoms with Crippen molar-refractivity contribution in [1.29, 1.82) is 0 Å². The second-order valence-electron chi connectivity index (χ2n) is 3.97. The van der Waals surface area contributed by atoms with Crippen LogP contribution in [0.4, 0.5) is 0 Å². The molecule has 17 heavy (non-hydrogen) atoms. The van der Waals surface area contributed by atoms with Gasteiger partial charge < -0.3 is 10.1 Å². The number of nitrogens with zero attached hydrogens (tertiary/aromatic N) is 1. The van der Waals surface area contributed by atoms with Crippen molar-refractivity contribution in [1.82, 2.24) is 10.3 Å². The lowest BCUT2D eigenvalue weighted by atomic mass is 10.1. The third-order valence-electron chi connectivity index (χ3n) is 2.30. The van der Waals surface area contributed by atoms with Crippen molar-refractivity contribution in [3.63, 3.8) is 0 Å². The first-order chi connectivity index (χ1) is 8.04. The smallest absolute Gasteiger partial charge is 0.255 e. The molecule has 4 nitrogen and oxygen atoms in total. The first kappa shape index (κ1) is 13.8. The number of hydrogen-bond donors (Lipinski definition) is 1. The number of carbonyl (C=O) groups is 1. The summed E-state index contributed by atoms with van der Waals surface area (Å²) < 4.78 is 5.08. The Kier molecular flexibility index (Phi) is 5.22. The minimum atomic E-state index is -0.172. The molecule has 0 saturated carbocycles. The number of ether oxygens (including phenoxy) is 1. The first-order valence-electron chi connectivity index (χ1n) is 5.47. The third-order valence-corrected chi connectivity index (χ3v) is 2.48. The highest BCUT2D eigenvalue weighted by Crippen LogP contribution is 2.16. The van der Waals surface area contributed by atoms with E-state index in [0.29, 0.717) is 11.3 Å². The van der Waals surface area contributed by atoms with Crippen LogP contribution in [0.5, 0.6) is 5.75 Å². The number of hydrogen-bond acceptors (Lipinski definition) is 3. The molecule has 5 heteroatoms. The fourth-order valence-corrected chi connectivity index (χ4v) is 1.85. The van der Waals surface area contributed by atoms with Crippen molar-refractivity contribution in [3.8, 4) is 5.75 Å². The summed E-state index contributed by atoms with van der Waals surface area (Å²) in [7, 11) is 1.51. The van der Waals surface area contributed by atoms with E-state index >= 15 is 0 Å². The number of pyridine rings is 1. The molecule has 1 heterocycles. The molecule has 2 unspecified atom stereocenters. The van der Waals surface area contributed by atoms with E-state index in [1.54, 1.807) is 12.3 Å². The zero-order chi connectivity index (χ0) is 12.8. The second-order valence-corrected chi connectivity index (χ2v) is 4.71. The Morgan fingerprint density at radius 1 is 1.59 bits per heavy atom. The quantitative estimate of drug-likeness (QED) is 0.822. The van der Waals surface area contributed by atoms with Crippen molar-refractivity contribution >= 4 is 17.5 Å². The van der Waals surface area contributed by atoms with Crippen LogP contribution in [0.25, 0.3) is 0 Å². The van der Waals surface area contributed by atoms with Crippen LogP contribution in [-0.2, 0) is 0 Å². The number of rotatable bonds is 5. The molecule has 1 N–H and O–H groups in total. The summed E-state index contributed by atoms with van der Waals surface area (Å²) in [5, 5.41) is 2.90. The van der Waals surface area contributed by atoms with Gasteiger partial charge in [-0.3, -0.25) is 9.78 Å². The largest absolute Gasteiger partial charge is 0.494 e. The zero-order valence-corrected chi connectivity index (χ0v) is 11.0. The van der Waals surface area contributed by atoms with Gasteiger partial charge in [0.15, 0.2) is 0 Å².